The summed E-state index contributed by atoms with van der Waals surface area (Å²) in [5.41, 5.74) is 1.90. The standard InChI is InChI=1S/C16H18N2O5S/c1-9-13(15(20)22-3)14(18-16(24)17-9)10-4-6-11(7-5-10)23-8-12(19)21-2/h4-7,14H,8H2,1-3H3,(H2,17,18,24)/t14-/m0/s1. The lowest BCUT2D eigenvalue weighted by atomic mass is 9.95. The minimum atomic E-state index is -0.462. The molecule has 0 bridgehead atoms. The molecule has 0 amide bonds. The molecule has 1 heterocycles. The zero-order chi connectivity index (χ0) is 17.7. The molecule has 0 fully saturated rings. The lowest BCUT2D eigenvalue weighted by Crippen LogP contribution is -2.45. The van der Waals surface area contributed by atoms with Gasteiger partial charge in [-0.1, -0.05) is 12.1 Å². The minimum Gasteiger partial charge on any atom is -0.482 e. The van der Waals surface area contributed by atoms with Gasteiger partial charge in [0, 0.05) is 5.70 Å². The molecule has 0 aromatic heterocycles. The lowest BCUT2D eigenvalue weighted by molar-refractivity contribution is -0.143. The van der Waals surface area contributed by atoms with Crippen LogP contribution in [0.4, 0.5) is 0 Å². The quantitative estimate of drug-likeness (QED) is 0.605. The summed E-state index contributed by atoms with van der Waals surface area (Å²) in [6.45, 7) is 1.60. The molecule has 7 nitrogen and oxygen atoms in total. The van der Waals surface area contributed by atoms with Crippen molar-refractivity contribution in [3.63, 3.8) is 0 Å². The van der Waals surface area contributed by atoms with Crippen LogP contribution >= 0.6 is 12.2 Å². The number of thiocarbonyl (C=S) groups is 1. The first-order chi connectivity index (χ1) is 11.5. The van der Waals surface area contributed by atoms with E-state index in [0.29, 0.717) is 22.1 Å². The highest BCUT2D eigenvalue weighted by Crippen LogP contribution is 2.28. The molecule has 1 aliphatic heterocycles. The number of ether oxygens (including phenoxy) is 3. The first-order valence-electron chi connectivity index (χ1n) is 7.12. The Bertz CT molecular complexity index is 684. The van der Waals surface area contributed by atoms with Gasteiger partial charge in [0.2, 0.25) is 0 Å². The molecule has 1 aromatic rings. The van der Waals surface area contributed by atoms with Crippen molar-refractivity contribution in [2.24, 2.45) is 0 Å². The summed E-state index contributed by atoms with van der Waals surface area (Å²) in [6.07, 6.45) is 0. The van der Waals surface area contributed by atoms with Gasteiger partial charge in [-0.05, 0) is 36.8 Å². The Balaban J connectivity index is 2.22. The van der Waals surface area contributed by atoms with Crippen LogP contribution in [0.5, 0.6) is 5.75 Å². The largest absolute Gasteiger partial charge is 0.482 e. The average molecular weight is 350 g/mol. The third-order valence-electron chi connectivity index (χ3n) is 3.47. The fraction of sp³-hybridized carbons (Fsp3) is 0.312. The molecule has 2 rings (SSSR count). The number of nitrogens with one attached hydrogen (secondary N) is 2. The normalized spacial score (nSPS) is 16.8. The Morgan fingerprint density at radius 2 is 1.83 bits per heavy atom. The van der Waals surface area contributed by atoms with Gasteiger partial charge >= 0.3 is 11.9 Å². The number of methoxy groups -OCH3 is 2. The number of carbonyl (C=O) groups is 2. The van der Waals surface area contributed by atoms with Crippen molar-refractivity contribution < 1.29 is 23.8 Å². The van der Waals surface area contributed by atoms with E-state index in [1.165, 1.54) is 14.2 Å². The summed E-state index contributed by atoms with van der Waals surface area (Å²) < 4.78 is 14.7. The van der Waals surface area contributed by atoms with E-state index in [4.69, 9.17) is 21.7 Å². The van der Waals surface area contributed by atoms with Crippen LogP contribution in [0.1, 0.15) is 18.5 Å². The summed E-state index contributed by atoms with van der Waals surface area (Å²) in [6, 6.07) is 6.55. The van der Waals surface area contributed by atoms with Gasteiger partial charge in [0.25, 0.3) is 0 Å². The summed E-state index contributed by atoms with van der Waals surface area (Å²) in [7, 11) is 2.62. The molecule has 0 saturated heterocycles. The van der Waals surface area contributed by atoms with E-state index in [1.807, 2.05) is 0 Å². The Morgan fingerprint density at radius 3 is 2.42 bits per heavy atom. The van der Waals surface area contributed by atoms with Crippen LogP contribution in [0, 0.1) is 0 Å². The molecule has 1 aromatic carbocycles. The van der Waals surface area contributed by atoms with Crippen molar-refractivity contribution in [1.29, 1.82) is 0 Å². The van der Waals surface area contributed by atoms with Crippen LogP contribution in [-0.2, 0) is 19.1 Å². The third-order valence-corrected chi connectivity index (χ3v) is 3.69. The van der Waals surface area contributed by atoms with Gasteiger partial charge < -0.3 is 24.8 Å². The summed E-state index contributed by atoms with van der Waals surface area (Å²) in [5, 5.41) is 6.40. The molecule has 1 atom stereocenters. The molecule has 128 valence electrons. The first kappa shape index (κ1) is 17.7. The van der Waals surface area contributed by atoms with E-state index in [9.17, 15) is 9.59 Å². The maximum absolute atomic E-state index is 12.1. The molecule has 2 N–H and O–H groups in total. The second kappa shape index (κ2) is 7.78. The van der Waals surface area contributed by atoms with E-state index in [2.05, 4.69) is 15.4 Å². The van der Waals surface area contributed by atoms with E-state index in [1.54, 1.807) is 31.2 Å². The van der Waals surface area contributed by atoms with Crippen LogP contribution in [0.15, 0.2) is 35.5 Å². The van der Waals surface area contributed by atoms with Crippen molar-refractivity contribution >= 4 is 29.3 Å². The van der Waals surface area contributed by atoms with Crippen molar-refractivity contribution in [2.45, 2.75) is 13.0 Å². The fourth-order valence-electron chi connectivity index (χ4n) is 2.28. The van der Waals surface area contributed by atoms with Crippen LogP contribution in [0.3, 0.4) is 0 Å². The van der Waals surface area contributed by atoms with E-state index >= 15 is 0 Å². The van der Waals surface area contributed by atoms with Gasteiger partial charge in [0.15, 0.2) is 11.7 Å². The Kier molecular flexibility index (Phi) is 5.75. The Labute approximate surface area is 145 Å². The smallest absolute Gasteiger partial charge is 0.343 e. The fourth-order valence-corrected chi connectivity index (χ4v) is 2.55. The summed E-state index contributed by atoms with van der Waals surface area (Å²) in [4.78, 5) is 23.2. The number of allylic oxidation sites excluding steroid dienone is 1. The molecule has 0 spiro atoms. The molecule has 1 aliphatic rings. The second-order valence-electron chi connectivity index (χ2n) is 5.00. The molecule has 24 heavy (non-hydrogen) atoms. The predicted molar refractivity (Wildman–Crippen MR) is 90.3 cm³/mol. The highest BCUT2D eigenvalue weighted by molar-refractivity contribution is 7.80. The number of esters is 2. The van der Waals surface area contributed by atoms with Crippen LogP contribution in [0.2, 0.25) is 0 Å². The van der Waals surface area contributed by atoms with E-state index in [0.717, 1.165) is 5.56 Å². The van der Waals surface area contributed by atoms with E-state index in [-0.39, 0.29) is 6.61 Å². The number of rotatable bonds is 5. The topological polar surface area (TPSA) is 85.9 Å². The highest BCUT2D eigenvalue weighted by Gasteiger charge is 2.30. The lowest BCUT2D eigenvalue weighted by Gasteiger charge is -2.29. The number of hydrogen-bond donors (Lipinski definition) is 2. The van der Waals surface area contributed by atoms with Gasteiger partial charge in [-0.25, -0.2) is 9.59 Å². The number of carbonyl (C=O) groups excluding carboxylic acids is 2. The third kappa shape index (κ3) is 4.02. The van der Waals surface area contributed by atoms with Gasteiger partial charge in [0.05, 0.1) is 25.8 Å². The van der Waals surface area contributed by atoms with Crippen molar-refractivity contribution in [1.82, 2.24) is 10.6 Å². The molecule has 0 unspecified atom stereocenters. The predicted octanol–water partition coefficient (Wildman–Crippen LogP) is 1.20. The monoisotopic (exact) mass is 350 g/mol. The maximum Gasteiger partial charge on any atom is 0.343 e. The van der Waals surface area contributed by atoms with Gasteiger partial charge in [-0.3, -0.25) is 0 Å². The molecule has 8 heteroatoms. The van der Waals surface area contributed by atoms with Crippen molar-refractivity contribution in [3.8, 4) is 5.75 Å². The molecular weight excluding hydrogens is 332 g/mol. The van der Waals surface area contributed by atoms with E-state index < -0.39 is 18.0 Å². The van der Waals surface area contributed by atoms with Crippen molar-refractivity contribution in [2.75, 3.05) is 20.8 Å². The molecule has 0 aliphatic carbocycles. The average Bonchev–Trinajstić information content (AvgIpc) is 2.58. The SMILES string of the molecule is COC(=O)COc1ccc([C@@H]2NC(=S)NC(C)=C2C(=O)OC)cc1. The van der Waals surface area contributed by atoms with Crippen LogP contribution < -0.4 is 15.4 Å². The molecular formula is C16H18N2O5S. The minimum absolute atomic E-state index is 0.169. The van der Waals surface area contributed by atoms with Crippen LogP contribution in [-0.4, -0.2) is 37.9 Å². The molecule has 0 saturated carbocycles. The first-order valence-corrected chi connectivity index (χ1v) is 7.53. The Morgan fingerprint density at radius 1 is 1.17 bits per heavy atom. The maximum atomic E-state index is 12.1. The Hall–Kier alpha value is -2.61. The zero-order valence-electron chi connectivity index (χ0n) is 13.5. The number of hydrogen-bond acceptors (Lipinski definition) is 6. The van der Waals surface area contributed by atoms with Gasteiger partial charge in [0.1, 0.15) is 5.75 Å². The summed E-state index contributed by atoms with van der Waals surface area (Å²) >= 11 is 5.16. The van der Waals surface area contributed by atoms with Crippen LogP contribution in [0.25, 0.3) is 0 Å². The van der Waals surface area contributed by atoms with Gasteiger partial charge in [-0.15, -0.1) is 0 Å². The number of benzene rings is 1. The molecule has 0 radical (unpaired) electrons. The highest BCUT2D eigenvalue weighted by atomic mass is 32.1. The second-order valence-corrected chi connectivity index (χ2v) is 5.40. The van der Waals surface area contributed by atoms with Gasteiger partial charge in [-0.2, -0.15) is 0 Å². The zero-order valence-corrected chi connectivity index (χ0v) is 14.4. The van der Waals surface area contributed by atoms with Crippen molar-refractivity contribution in [3.05, 3.63) is 41.1 Å². The summed E-state index contributed by atoms with van der Waals surface area (Å²) in [5.74, 6) is -0.386.